The van der Waals surface area contributed by atoms with Crippen LogP contribution in [-0.4, -0.2) is 0 Å². The van der Waals surface area contributed by atoms with Crippen LogP contribution in [0.25, 0.3) is 0 Å². The fraction of sp³-hybridized carbons (Fsp3) is 0.375. The van der Waals surface area contributed by atoms with E-state index in [1.807, 2.05) is 6.07 Å². The van der Waals surface area contributed by atoms with E-state index in [1.165, 1.54) is 19.8 Å². The van der Waals surface area contributed by atoms with E-state index in [0.717, 1.165) is 18.0 Å². The van der Waals surface area contributed by atoms with E-state index in [0.29, 0.717) is 6.04 Å². The van der Waals surface area contributed by atoms with Gasteiger partial charge in [0.25, 0.3) is 0 Å². The molecular formula is C16H17BrClNS. The van der Waals surface area contributed by atoms with Crippen molar-refractivity contribution in [2.75, 3.05) is 0 Å². The third kappa shape index (κ3) is 2.82. The normalized spacial score (nSPS) is 20.1. The molecule has 106 valence electrons. The van der Waals surface area contributed by atoms with Gasteiger partial charge in [-0.2, -0.15) is 0 Å². The molecule has 20 heavy (non-hydrogen) atoms. The summed E-state index contributed by atoms with van der Waals surface area (Å²) >= 11 is 11.5. The molecule has 1 aromatic heterocycles. The van der Waals surface area contributed by atoms with Crippen LogP contribution in [0, 0.1) is 5.41 Å². The van der Waals surface area contributed by atoms with Crippen molar-refractivity contribution >= 4 is 38.9 Å². The van der Waals surface area contributed by atoms with Gasteiger partial charge in [-0.3, -0.25) is 0 Å². The van der Waals surface area contributed by atoms with Crippen molar-refractivity contribution in [1.29, 1.82) is 0 Å². The van der Waals surface area contributed by atoms with Crippen LogP contribution in [0.1, 0.15) is 35.9 Å². The van der Waals surface area contributed by atoms with Crippen molar-refractivity contribution in [3.63, 3.8) is 0 Å². The number of nitrogens with one attached hydrogen (secondary N) is 1. The highest BCUT2D eigenvalue weighted by molar-refractivity contribution is 9.11. The lowest BCUT2D eigenvalue weighted by Gasteiger charge is -2.28. The summed E-state index contributed by atoms with van der Waals surface area (Å²) in [4.78, 5) is 1.35. The van der Waals surface area contributed by atoms with Crippen LogP contribution in [-0.2, 0) is 13.0 Å². The van der Waals surface area contributed by atoms with Crippen LogP contribution in [0.3, 0.4) is 0 Å². The zero-order valence-electron chi connectivity index (χ0n) is 11.5. The molecule has 0 radical (unpaired) electrons. The number of rotatable bonds is 3. The maximum absolute atomic E-state index is 6.17. The highest BCUT2D eigenvalue weighted by Crippen LogP contribution is 2.46. The van der Waals surface area contributed by atoms with Crippen LogP contribution in [0.5, 0.6) is 0 Å². The van der Waals surface area contributed by atoms with Crippen LogP contribution in [0.2, 0.25) is 5.02 Å². The highest BCUT2D eigenvalue weighted by atomic mass is 79.9. The van der Waals surface area contributed by atoms with Crippen LogP contribution in [0.15, 0.2) is 34.1 Å². The zero-order chi connectivity index (χ0) is 14.3. The molecule has 4 heteroatoms. The van der Waals surface area contributed by atoms with Crippen molar-refractivity contribution in [3.05, 3.63) is 55.1 Å². The first-order chi connectivity index (χ1) is 9.45. The molecule has 0 saturated carbocycles. The number of benzene rings is 1. The largest absolute Gasteiger partial charge is 0.305 e. The first-order valence-corrected chi connectivity index (χ1v) is 8.70. The fourth-order valence-corrected chi connectivity index (χ4v) is 4.66. The smallest absolute Gasteiger partial charge is 0.0701 e. The molecule has 0 aliphatic heterocycles. The molecule has 0 spiro atoms. The van der Waals surface area contributed by atoms with Gasteiger partial charge in [0.1, 0.15) is 0 Å². The molecule has 1 aliphatic rings. The lowest BCUT2D eigenvalue weighted by molar-refractivity contribution is 0.268. The second-order valence-electron chi connectivity index (χ2n) is 6.03. The van der Waals surface area contributed by atoms with E-state index < -0.39 is 0 Å². The van der Waals surface area contributed by atoms with Gasteiger partial charge in [0.2, 0.25) is 0 Å². The number of thiophene rings is 1. The van der Waals surface area contributed by atoms with E-state index >= 15 is 0 Å². The van der Waals surface area contributed by atoms with Crippen molar-refractivity contribution in [1.82, 2.24) is 5.32 Å². The molecule has 1 aromatic carbocycles. The second-order valence-corrected chi connectivity index (χ2v) is 9.01. The molecule has 1 N–H and O–H groups in total. The molecule has 1 nitrogen and oxygen atoms in total. The Bertz CT molecular complexity index is 635. The predicted octanol–water partition coefficient (Wildman–Crippen LogP) is 5.58. The van der Waals surface area contributed by atoms with Crippen LogP contribution < -0.4 is 5.32 Å². The molecule has 2 aromatic rings. The molecule has 0 saturated heterocycles. The van der Waals surface area contributed by atoms with Gasteiger partial charge in [0.15, 0.2) is 0 Å². The SMILES string of the molecule is CC1(C)Cc2ccc(Cl)cc2C1NCc1ccc(Br)s1. The summed E-state index contributed by atoms with van der Waals surface area (Å²) in [5.74, 6) is 0. The van der Waals surface area contributed by atoms with Crippen molar-refractivity contribution in [2.45, 2.75) is 32.9 Å². The van der Waals surface area contributed by atoms with Gasteiger partial charge in [0.05, 0.1) is 3.79 Å². The van der Waals surface area contributed by atoms with Gasteiger partial charge < -0.3 is 5.32 Å². The summed E-state index contributed by atoms with van der Waals surface area (Å²) in [7, 11) is 0. The Labute approximate surface area is 137 Å². The maximum Gasteiger partial charge on any atom is 0.0701 e. The number of hydrogen-bond acceptors (Lipinski definition) is 2. The van der Waals surface area contributed by atoms with E-state index in [1.54, 1.807) is 11.3 Å². The maximum atomic E-state index is 6.17. The van der Waals surface area contributed by atoms with Gasteiger partial charge in [-0.1, -0.05) is 31.5 Å². The Morgan fingerprint density at radius 2 is 2.15 bits per heavy atom. The number of fused-ring (bicyclic) bond motifs is 1. The molecular weight excluding hydrogens is 354 g/mol. The third-order valence-electron chi connectivity index (χ3n) is 3.96. The molecule has 0 bridgehead atoms. The summed E-state index contributed by atoms with van der Waals surface area (Å²) in [6.45, 7) is 5.54. The van der Waals surface area contributed by atoms with E-state index in [9.17, 15) is 0 Å². The Balaban J connectivity index is 1.83. The molecule has 3 rings (SSSR count). The van der Waals surface area contributed by atoms with Gasteiger partial charge >= 0.3 is 0 Å². The first kappa shape index (κ1) is 14.6. The molecule has 0 amide bonds. The number of hydrogen-bond donors (Lipinski definition) is 1. The summed E-state index contributed by atoms with van der Waals surface area (Å²) in [5.41, 5.74) is 3.00. The Kier molecular flexibility index (Phi) is 3.97. The van der Waals surface area contributed by atoms with E-state index in [2.05, 4.69) is 59.4 Å². The lowest BCUT2D eigenvalue weighted by Crippen LogP contribution is -2.30. The fourth-order valence-electron chi connectivity index (χ4n) is 3.05. The second kappa shape index (κ2) is 5.45. The summed E-state index contributed by atoms with van der Waals surface area (Å²) in [5, 5.41) is 4.54. The average molecular weight is 371 g/mol. The summed E-state index contributed by atoms with van der Waals surface area (Å²) in [6.07, 6.45) is 1.10. The first-order valence-electron chi connectivity index (χ1n) is 6.72. The minimum atomic E-state index is 0.224. The quantitative estimate of drug-likeness (QED) is 0.744. The van der Waals surface area contributed by atoms with Gasteiger partial charge in [-0.05, 0) is 63.2 Å². The Hall–Kier alpha value is -0.350. The van der Waals surface area contributed by atoms with Gasteiger partial charge in [-0.25, -0.2) is 0 Å². The monoisotopic (exact) mass is 369 g/mol. The topological polar surface area (TPSA) is 12.0 Å². The Morgan fingerprint density at radius 3 is 2.85 bits per heavy atom. The lowest BCUT2D eigenvalue weighted by atomic mass is 9.85. The molecule has 1 aliphatic carbocycles. The van der Waals surface area contributed by atoms with Crippen molar-refractivity contribution in [3.8, 4) is 0 Å². The van der Waals surface area contributed by atoms with Crippen molar-refractivity contribution in [2.24, 2.45) is 5.41 Å². The molecule has 1 heterocycles. The summed E-state index contributed by atoms with van der Waals surface area (Å²) < 4.78 is 1.18. The van der Waals surface area contributed by atoms with Gasteiger partial charge in [-0.15, -0.1) is 11.3 Å². The Morgan fingerprint density at radius 1 is 1.35 bits per heavy atom. The molecule has 1 atom stereocenters. The van der Waals surface area contributed by atoms with E-state index in [-0.39, 0.29) is 5.41 Å². The molecule has 0 fully saturated rings. The standard InChI is InChI=1S/C16H17BrClNS/c1-16(2)8-10-3-4-11(18)7-13(10)15(16)19-9-12-5-6-14(17)20-12/h3-7,15,19H,8-9H2,1-2H3. The molecule has 1 unspecified atom stereocenters. The minimum absolute atomic E-state index is 0.224. The van der Waals surface area contributed by atoms with E-state index in [4.69, 9.17) is 11.6 Å². The third-order valence-corrected chi connectivity index (χ3v) is 5.81. The van der Waals surface area contributed by atoms with Crippen LogP contribution in [0.4, 0.5) is 0 Å². The number of halogens is 2. The van der Waals surface area contributed by atoms with Crippen LogP contribution >= 0.6 is 38.9 Å². The van der Waals surface area contributed by atoms with Crippen molar-refractivity contribution < 1.29 is 0 Å². The predicted molar refractivity (Wildman–Crippen MR) is 90.5 cm³/mol. The van der Waals surface area contributed by atoms with Gasteiger partial charge in [0, 0.05) is 22.5 Å². The minimum Gasteiger partial charge on any atom is -0.305 e. The zero-order valence-corrected chi connectivity index (χ0v) is 14.7. The average Bonchev–Trinajstić information content (AvgIpc) is 2.87. The summed E-state index contributed by atoms with van der Waals surface area (Å²) in [6, 6.07) is 10.9. The highest BCUT2D eigenvalue weighted by Gasteiger charge is 2.38.